The zero-order valence-electron chi connectivity index (χ0n) is 18.8. The van der Waals surface area contributed by atoms with Crippen LogP contribution in [0.3, 0.4) is 0 Å². The summed E-state index contributed by atoms with van der Waals surface area (Å²) in [6.07, 6.45) is 2.59. The molecule has 182 valence electrons. The maximum absolute atomic E-state index is 12.9. The van der Waals surface area contributed by atoms with Gasteiger partial charge in [0.1, 0.15) is 0 Å². The molecule has 11 nitrogen and oxygen atoms in total. The van der Waals surface area contributed by atoms with Gasteiger partial charge in [-0.3, -0.25) is 14.9 Å². The highest BCUT2D eigenvalue weighted by molar-refractivity contribution is 7.89. The molecule has 2 aromatic carbocycles. The molecule has 0 saturated carbocycles. The summed E-state index contributed by atoms with van der Waals surface area (Å²) in [6, 6.07) is 7.89. The second-order valence-corrected chi connectivity index (χ2v) is 9.65. The number of hydrogen-bond acceptors (Lipinski definition) is 8. The highest BCUT2D eigenvalue weighted by Crippen LogP contribution is 2.29. The average molecular weight is 492 g/mol. The summed E-state index contributed by atoms with van der Waals surface area (Å²) in [5.74, 6) is -1.65. The topological polar surface area (TPSA) is 145 Å². The van der Waals surface area contributed by atoms with E-state index < -0.39 is 39.1 Å². The molecule has 1 fully saturated rings. The zero-order valence-corrected chi connectivity index (χ0v) is 19.6. The van der Waals surface area contributed by atoms with Gasteiger partial charge >= 0.3 is 11.7 Å². The van der Waals surface area contributed by atoms with Gasteiger partial charge in [0.25, 0.3) is 5.91 Å². The first-order chi connectivity index (χ1) is 16.1. The summed E-state index contributed by atoms with van der Waals surface area (Å²) >= 11 is 0. The van der Waals surface area contributed by atoms with Gasteiger partial charge in [0, 0.05) is 30.9 Å². The lowest BCUT2D eigenvalue weighted by Gasteiger charge is -2.26. The molecule has 0 spiro atoms. The van der Waals surface area contributed by atoms with E-state index in [-0.39, 0.29) is 21.9 Å². The number of anilines is 1. The maximum atomic E-state index is 12.9. The predicted octanol–water partition coefficient (Wildman–Crippen LogP) is 2.88. The van der Waals surface area contributed by atoms with Gasteiger partial charge in [-0.1, -0.05) is 12.5 Å². The first kappa shape index (κ1) is 25.1. The Kier molecular flexibility index (Phi) is 7.84. The van der Waals surface area contributed by atoms with Crippen LogP contribution in [-0.4, -0.2) is 56.3 Å². The van der Waals surface area contributed by atoms with Gasteiger partial charge in [-0.2, -0.15) is 4.31 Å². The molecule has 0 aromatic heterocycles. The fraction of sp³-hybridized carbons (Fsp3) is 0.364. The first-order valence-corrected chi connectivity index (χ1v) is 12.0. The number of carbonyl (C=O) groups is 2. The first-order valence-electron chi connectivity index (χ1n) is 10.5. The number of nitro groups is 1. The molecule has 1 saturated heterocycles. The Morgan fingerprint density at radius 2 is 1.82 bits per heavy atom. The molecule has 1 N–H and O–H groups in total. The molecule has 1 aliphatic rings. The number of aryl methyl sites for hydroxylation is 1. The molecule has 0 bridgehead atoms. The van der Waals surface area contributed by atoms with Crippen LogP contribution in [0, 0.1) is 17.0 Å². The summed E-state index contributed by atoms with van der Waals surface area (Å²) in [5, 5.41) is 13.8. The number of benzene rings is 2. The third-order valence-corrected chi connectivity index (χ3v) is 7.27. The van der Waals surface area contributed by atoms with E-state index in [1.165, 1.54) is 29.6 Å². The van der Waals surface area contributed by atoms with Gasteiger partial charge < -0.3 is 14.8 Å². The second kappa shape index (κ2) is 10.6. The van der Waals surface area contributed by atoms with Crippen LogP contribution >= 0.6 is 0 Å². The number of methoxy groups -OCH3 is 1. The second-order valence-electron chi connectivity index (χ2n) is 7.71. The van der Waals surface area contributed by atoms with Crippen molar-refractivity contribution in [2.45, 2.75) is 31.1 Å². The molecule has 0 unspecified atom stereocenters. The number of ether oxygens (including phenoxy) is 2. The van der Waals surface area contributed by atoms with Crippen LogP contribution in [-0.2, 0) is 19.6 Å². The van der Waals surface area contributed by atoms with E-state index in [4.69, 9.17) is 4.74 Å². The standard InChI is InChI=1S/C22H25N3O8S/c1-15-6-8-17(34(30,31)24-10-4-3-5-11-24)13-18(15)23-21(26)14-33-20-12-16(22(27)32-2)7-9-19(20)25(28)29/h6-9,12-13H,3-5,10-11,14H2,1-2H3,(H,23,26). The Balaban J connectivity index is 1.75. The van der Waals surface area contributed by atoms with Crippen molar-refractivity contribution in [3.05, 3.63) is 57.6 Å². The molecule has 3 rings (SSSR count). The lowest BCUT2D eigenvalue weighted by Crippen LogP contribution is -2.35. The normalized spacial score (nSPS) is 14.3. The van der Waals surface area contributed by atoms with Gasteiger partial charge in [0.2, 0.25) is 10.0 Å². The van der Waals surface area contributed by atoms with Crippen molar-refractivity contribution in [3.8, 4) is 5.75 Å². The van der Waals surface area contributed by atoms with Crippen molar-refractivity contribution < 1.29 is 32.4 Å². The Bertz CT molecular complexity index is 1210. The largest absolute Gasteiger partial charge is 0.477 e. The highest BCUT2D eigenvalue weighted by Gasteiger charge is 2.26. The predicted molar refractivity (Wildman–Crippen MR) is 122 cm³/mol. The molecule has 2 aromatic rings. The van der Waals surface area contributed by atoms with Crippen molar-refractivity contribution in [1.82, 2.24) is 4.31 Å². The minimum atomic E-state index is -3.69. The molecule has 1 heterocycles. The van der Waals surface area contributed by atoms with E-state index in [0.29, 0.717) is 18.7 Å². The zero-order chi connectivity index (χ0) is 24.9. The number of nitro benzene ring substituents is 1. The van der Waals surface area contributed by atoms with Crippen LogP contribution in [0.1, 0.15) is 35.2 Å². The van der Waals surface area contributed by atoms with Crippen molar-refractivity contribution in [2.24, 2.45) is 0 Å². The van der Waals surface area contributed by atoms with Crippen LogP contribution in [0.5, 0.6) is 5.75 Å². The lowest BCUT2D eigenvalue weighted by molar-refractivity contribution is -0.385. The van der Waals surface area contributed by atoms with Gasteiger partial charge in [-0.15, -0.1) is 0 Å². The Hall–Kier alpha value is -3.51. The molecular weight excluding hydrogens is 466 g/mol. The van der Waals surface area contributed by atoms with Gasteiger partial charge in [-0.05, 0) is 43.5 Å². The van der Waals surface area contributed by atoms with E-state index in [0.717, 1.165) is 31.4 Å². The molecule has 12 heteroatoms. The summed E-state index contributed by atoms with van der Waals surface area (Å²) in [5.41, 5.74) is 0.510. The van der Waals surface area contributed by atoms with Crippen LogP contribution in [0.25, 0.3) is 0 Å². The van der Waals surface area contributed by atoms with Crippen LogP contribution in [0.2, 0.25) is 0 Å². The van der Waals surface area contributed by atoms with Crippen molar-refractivity contribution in [2.75, 3.05) is 32.1 Å². The van der Waals surface area contributed by atoms with Crippen LogP contribution in [0.15, 0.2) is 41.3 Å². The Morgan fingerprint density at radius 3 is 2.47 bits per heavy atom. The minimum Gasteiger partial charge on any atom is -0.477 e. The van der Waals surface area contributed by atoms with E-state index in [9.17, 15) is 28.1 Å². The van der Waals surface area contributed by atoms with Crippen LogP contribution < -0.4 is 10.1 Å². The van der Waals surface area contributed by atoms with Crippen molar-refractivity contribution in [3.63, 3.8) is 0 Å². The number of carbonyl (C=O) groups excluding carboxylic acids is 2. The van der Waals surface area contributed by atoms with E-state index in [1.54, 1.807) is 13.0 Å². The van der Waals surface area contributed by atoms with E-state index >= 15 is 0 Å². The molecule has 0 atom stereocenters. The lowest BCUT2D eigenvalue weighted by atomic mass is 10.2. The molecular formula is C22H25N3O8S. The van der Waals surface area contributed by atoms with Crippen molar-refractivity contribution in [1.29, 1.82) is 0 Å². The molecule has 0 aliphatic carbocycles. The summed E-state index contributed by atoms with van der Waals surface area (Å²) in [6.45, 7) is 2.01. The molecule has 1 amide bonds. The summed E-state index contributed by atoms with van der Waals surface area (Å²) in [7, 11) is -2.52. The van der Waals surface area contributed by atoms with E-state index in [2.05, 4.69) is 10.1 Å². The Morgan fingerprint density at radius 1 is 1.12 bits per heavy atom. The van der Waals surface area contributed by atoms with Gasteiger partial charge in [-0.25, -0.2) is 13.2 Å². The summed E-state index contributed by atoms with van der Waals surface area (Å²) in [4.78, 5) is 34.8. The number of nitrogens with one attached hydrogen (secondary N) is 1. The fourth-order valence-corrected chi connectivity index (χ4v) is 5.05. The molecule has 34 heavy (non-hydrogen) atoms. The van der Waals surface area contributed by atoms with E-state index in [1.807, 2.05) is 0 Å². The van der Waals surface area contributed by atoms with Gasteiger partial charge in [0.05, 0.1) is 22.5 Å². The SMILES string of the molecule is COC(=O)c1ccc([N+](=O)[O-])c(OCC(=O)Nc2cc(S(=O)(=O)N3CCCCC3)ccc2C)c1. The molecule has 0 radical (unpaired) electrons. The number of sulfonamides is 1. The average Bonchev–Trinajstić information content (AvgIpc) is 2.83. The highest BCUT2D eigenvalue weighted by atomic mass is 32.2. The quantitative estimate of drug-likeness (QED) is 0.337. The smallest absolute Gasteiger partial charge is 0.337 e. The number of rotatable bonds is 8. The van der Waals surface area contributed by atoms with Gasteiger partial charge in [0.15, 0.2) is 12.4 Å². The number of hydrogen-bond donors (Lipinski definition) is 1. The number of nitrogens with zero attached hydrogens (tertiary/aromatic N) is 2. The van der Waals surface area contributed by atoms with Crippen LogP contribution in [0.4, 0.5) is 11.4 Å². The number of piperidine rings is 1. The minimum absolute atomic E-state index is 0.0231. The number of esters is 1. The third kappa shape index (κ3) is 5.69. The van der Waals surface area contributed by atoms with Crippen molar-refractivity contribution >= 4 is 33.3 Å². The fourth-order valence-electron chi connectivity index (χ4n) is 3.51. The third-order valence-electron chi connectivity index (χ3n) is 5.37. The maximum Gasteiger partial charge on any atom is 0.337 e. The summed E-state index contributed by atoms with van der Waals surface area (Å²) < 4.78 is 37.2. The monoisotopic (exact) mass is 491 g/mol. The Labute approximate surface area is 196 Å². The molecule has 1 aliphatic heterocycles. The number of amides is 1.